The summed E-state index contributed by atoms with van der Waals surface area (Å²) < 4.78 is 1.19. The Labute approximate surface area is 59.7 Å². The van der Waals surface area contributed by atoms with Gasteiger partial charge in [0.1, 0.15) is 0 Å². The molecule has 0 atom stereocenters. The van der Waals surface area contributed by atoms with Crippen LogP contribution in [0.1, 0.15) is 10.7 Å². The van der Waals surface area contributed by atoms with E-state index in [9.17, 15) is 0 Å². The topological polar surface area (TPSA) is 12.9 Å². The molecule has 0 bridgehead atoms. The summed E-state index contributed by atoms with van der Waals surface area (Å²) in [4.78, 5) is 4.23. The first kappa shape index (κ1) is 6.68. The third-order valence-corrected chi connectivity index (χ3v) is 2.19. The molecule has 0 aliphatic heterocycles. The molecule has 0 radical (unpaired) electrons. The molecule has 1 aromatic heterocycles. The minimum absolute atomic E-state index is 1.09. The Kier molecular flexibility index (Phi) is 1.81. The molecule has 0 aliphatic rings. The number of rotatable bonds is 1. The van der Waals surface area contributed by atoms with Crippen LogP contribution in [0.25, 0.3) is 0 Å². The van der Waals surface area contributed by atoms with Crippen molar-refractivity contribution in [3.05, 3.63) is 10.7 Å². The van der Waals surface area contributed by atoms with Crippen molar-refractivity contribution in [3.8, 4) is 0 Å². The molecular weight excluding hydrogens is 129 g/mol. The Hall–Kier alpha value is -0.435. The number of aromatic nitrogens is 1. The normalized spacial score (nSPS) is 9.11. The Morgan fingerprint density at radius 3 is 2.44 bits per heavy atom. The van der Waals surface area contributed by atoms with Gasteiger partial charge in [0.2, 0.25) is 0 Å². The first-order valence-corrected chi connectivity index (χ1v) is 3.62. The molecule has 0 fully saturated rings. The second kappa shape index (κ2) is 2.44. The molecular formula is C6H8BNS. The predicted molar refractivity (Wildman–Crippen MR) is 44.1 cm³/mol. The molecule has 0 N–H and O–H groups in total. The Morgan fingerprint density at radius 1 is 1.56 bits per heavy atom. The average Bonchev–Trinajstić information content (AvgIpc) is 2.10. The van der Waals surface area contributed by atoms with Crippen LogP contribution in [0.15, 0.2) is 0 Å². The summed E-state index contributed by atoms with van der Waals surface area (Å²) in [5.41, 5.74) is 1.09. The SMILES string of the molecule is C=Bc1sc(C)nc1C. The number of hydrogen-bond acceptors (Lipinski definition) is 2. The molecule has 3 heteroatoms. The molecule has 9 heavy (non-hydrogen) atoms. The molecule has 0 spiro atoms. The Bertz CT molecular complexity index is 229. The molecule has 1 aromatic rings. The molecule has 0 aromatic carbocycles. The van der Waals surface area contributed by atoms with Crippen LogP contribution in [-0.4, -0.2) is 18.4 Å². The minimum atomic E-state index is 1.09. The summed E-state index contributed by atoms with van der Waals surface area (Å²) in [5, 5.41) is 1.11. The van der Waals surface area contributed by atoms with E-state index >= 15 is 0 Å². The number of nitrogens with zero attached hydrogens (tertiary/aromatic N) is 1. The van der Waals surface area contributed by atoms with Crippen molar-refractivity contribution in [1.29, 1.82) is 0 Å². The van der Waals surface area contributed by atoms with E-state index in [0.29, 0.717) is 0 Å². The molecule has 0 saturated heterocycles. The summed E-state index contributed by atoms with van der Waals surface area (Å²) in [5.74, 6) is 0. The molecule has 0 saturated carbocycles. The van der Waals surface area contributed by atoms with Crippen LogP contribution in [0, 0.1) is 13.8 Å². The fourth-order valence-corrected chi connectivity index (χ4v) is 1.51. The fraction of sp³-hybridized carbons (Fsp3) is 0.333. The molecule has 0 amide bonds. The van der Waals surface area contributed by atoms with E-state index in [0.717, 1.165) is 10.7 Å². The van der Waals surface area contributed by atoms with Crippen LogP contribution in [0.5, 0.6) is 0 Å². The third-order valence-electron chi connectivity index (χ3n) is 1.12. The van der Waals surface area contributed by atoms with Gasteiger partial charge in [0.05, 0.1) is 0 Å². The monoisotopic (exact) mass is 137 g/mol. The zero-order valence-corrected chi connectivity index (χ0v) is 6.46. The van der Waals surface area contributed by atoms with Crippen molar-refractivity contribution < 1.29 is 0 Å². The summed E-state index contributed by atoms with van der Waals surface area (Å²) in [6.07, 6.45) is 0. The molecule has 0 aliphatic carbocycles. The number of hydrogen-bond donors (Lipinski definition) is 0. The van der Waals surface area contributed by atoms with Crippen molar-refractivity contribution in [3.63, 3.8) is 0 Å². The van der Waals surface area contributed by atoms with Gasteiger partial charge in [-0.15, -0.1) is 0 Å². The van der Waals surface area contributed by atoms with Gasteiger partial charge in [-0.2, -0.15) is 0 Å². The van der Waals surface area contributed by atoms with Crippen molar-refractivity contribution in [2.45, 2.75) is 13.8 Å². The van der Waals surface area contributed by atoms with E-state index in [4.69, 9.17) is 0 Å². The first-order valence-electron chi connectivity index (χ1n) is 2.80. The van der Waals surface area contributed by atoms with E-state index in [1.807, 2.05) is 20.8 Å². The maximum atomic E-state index is 4.23. The summed E-state index contributed by atoms with van der Waals surface area (Å²) in [7, 11) is 0. The van der Waals surface area contributed by atoms with Gasteiger partial charge in [-0.05, 0) is 0 Å². The Balaban J connectivity index is 3.15. The zero-order valence-electron chi connectivity index (χ0n) is 5.64. The van der Waals surface area contributed by atoms with Crippen LogP contribution < -0.4 is 4.78 Å². The van der Waals surface area contributed by atoms with E-state index in [1.165, 1.54) is 4.78 Å². The molecule has 1 heterocycles. The van der Waals surface area contributed by atoms with E-state index in [1.54, 1.807) is 11.3 Å². The van der Waals surface area contributed by atoms with Crippen LogP contribution in [0.4, 0.5) is 0 Å². The van der Waals surface area contributed by atoms with Crippen molar-refractivity contribution in [2.75, 3.05) is 0 Å². The predicted octanol–water partition coefficient (Wildman–Crippen LogP) is 0.521. The van der Waals surface area contributed by atoms with Crippen molar-refractivity contribution >= 4 is 29.5 Å². The van der Waals surface area contributed by atoms with Gasteiger partial charge in [-0.1, -0.05) is 0 Å². The van der Waals surface area contributed by atoms with Crippen LogP contribution >= 0.6 is 11.3 Å². The summed E-state index contributed by atoms with van der Waals surface area (Å²) in [6.45, 7) is 9.53. The van der Waals surface area contributed by atoms with Gasteiger partial charge in [0, 0.05) is 0 Å². The van der Waals surface area contributed by atoms with Crippen molar-refractivity contribution in [2.24, 2.45) is 0 Å². The van der Waals surface area contributed by atoms with Gasteiger partial charge in [-0.3, -0.25) is 0 Å². The molecule has 0 unspecified atom stereocenters. The van der Waals surface area contributed by atoms with Crippen molar-refractivity contribution in [1.82, 2.24) is 4.98 Å². The first-order chi connectivity index (χ1) is 4.24. The van der Waals surface area contributed by atoms with Crippen LogP contribution in [0.2, 0.25) is 0 Å². The zero-order chi connectivity index (χ0) is 6.85. The second-order valence-corrected chi connectivity index (χ2v) is 3.12. The standard InChI is InChI=1S/C6H8BNS/c1-4-6(7-3)9-5(2)8-4/h3H2,1-2H3. The number of aryl methyl sites for hydroxylation is 2. The summed E-state index contributed by atoms with van der Waals surface area (Å²) >= 11 is 1.69. The van der Waals surface area contributed by atoms with Gasteiger partial charge in [0.15, 0.2) is 0 Å². The molecule has 1 rings (SSSR count). The Morgan fingerprint density at radius 2 is 2.22 bits per heavy atom. The number of thiazole rings is 1. The quantitative estimate of drug-likeness (QED) is 0.514. The van der Waals surface area contributed by atoms with Gasteiger partial charge >= 0.3 is 59.0 Å². The third kappa shape index (κ3) is 1.27. The summed E-state index contributed by atoms with van der Waals surface area (Å²) in [6, 6.07) is 0. The van der Waals surface area contributed by atoms with Crippen LogP contribution in [-0.2, 0) is 0 Å². The van der Waals surface area contributed by atoms with E-state index < -0.39 is 0 Å². The fourth-order valence-electron chi connectivity index (χ4n) is 0.736. The van der Waals surface area contributed by atoms with E-state index in [-0.39, 0.29) is 0 Å². The average molecular weight is 137 g/mol. The maximum absolute atomic E-state index is 4.23. The van der Waals surface area contributed by atoms with Gasteiger partial charge in [0.25, 0.3) is 0 Å². The van der Waals surface area contributed by atoms with Gasteiger partial charge < -0.3 is 0 Å². The second-order valence-electron chi connectivity index (χ2n) is 1.89. The van der Waals surface area contributed by atoms with E-state index in [2.05, 4.69) is 11.5 Å². The van der Waals surface area contributed by atoms with Gasteiger partial charge in [-0.25, -0.2) is 0 Å². The molecule has 1 nitrogen and oxygen atoms in total. The molecule has 46 valence electrons. The van der Waals surface area contributed by atoms with Crippen LogP contribution in [0.3, 0.4) is 0 Å².